The lowest BCUT2D eigenvalue weighted by atomic mass is 9.90. The number of carbonyl (C=O) groups excluding carboxylic acids is 1. The number of ether oxygens (including phenoxy) is 1. The number of rotatable bonds is 4. The van der Waals surface area contributed by atoms with Gasteiger partial charge in [0, 0.05) is 17.5 Å². The molecule has 2 atom stereocenters. The number of hydrogen-bond acceptors (Lipinski definition) is 5. The summed E-state index contributed by atoms with van der Waals surface area (Å²) < 4.78 is 33.3. The van der Waals surface area contributed by atoms with Crippen molar-refractivity contribution in [3.05, 3.63) is 23.3 Å². The minimum absolute atomic E-state index is 0.281. The molecule has 0 N–H and O–H groups in total. The van der Waals surface area contributed by atoms with Crippen LogP contribution in [0.3, 0.4) is 0 Å². The average Bonchev–Trinajstić information content (AvgIpc) is 3.01. The van der Waals surface area contributed by atoms with Crippen LogP contribution in [0.2, 0.25) is 0 Å². The summed E-state index contributed by atoms with van der Waals surface area (Å²) in [4.78, 5) is 11.6. The molecule has 0 amide bonds. The molecule has 1 aromatic carbocycles. The largest absolute Gasteiger partial charge is 0.426 e. The monoisotopic (exact) mass is 310 g/mol. The van der Waals surface area contributed by atoms with E-state index in [0.717, 1.165) is 36.6 Å². The normalized spacial score (nSPS) is 23.0. The standard InChI is InChI=1S/C15H18O5S/c1-3-13(16)19-11-6-7-12(20-21(2,17)18)15-10-5-4-9(8-10)14(11)15/h6-7,9-10H,3-5,8H2,1-2H3/t9-,10+/m1/s1. The Bertz CT molecular complexity index is 692. The van der Waals surface area contributed by atoms with Gasteiger partial charge in [0.1, 0.15) is 11.5 Å². The van der Waals surface area contributed by atoms with Gasteiger partial charge in [0.2, 0.25) is 0 Å². The molecule has 0 unspecified atom stereocenters. The van der Waals surface area contributed by atoms with Gasteiger partial charge in [0.05, 0.1) is 6.26 Å². The third kappa shape index (κ3) is 2.64. The molecule has 0 spiro atoms. The Morgan fingerprint density at radius 1 is 1.19 bits per heavy atom. The minimum atomic E-state index is -3.56. The summed E-state index contributed by atoms with van der Waals surface area (Å²) in [5, 5.41) is 0. The SMILES string of the molecule is CCC(=O)Oc1ccc(OS(C)(=O)=O)c2c1[C@@H]1CC[C@H]2C1. The van der Waals surface area contributed by atoms with Gasteiger partial charge in [0.15, 0.2) is 0 Å². The van der Waals surface area contributed by atoms with Crippen molar-refractivity contribution in [3.8, 4) is 11.5 Å². The predicted molar refractivity (Wildman–Crippen MR) is 77.2 cm³/mol. The molecule has 5 nitrogen and oxygen atoms in total. The number of fused-ring (bicyclic) bond motifs is 5. The second kappa shape index (κ2) is 5.02. The van der Waals surface area contributed by atoms with Gasteiger partial charge in [-0.3, -0.25) is 4.79 Å². The first kappa shape index (κ1) is 14.4. The van der Waals surface area contributed by atoms with Gasteiger partial charge in [-0.05, 0) is 43.2 Å². The zero-order valence-corrected chi connectivity index (χ0v) is 12.9. The van der Waals surface area contributed by atoms with E-state index in [1.807, 2.05) is 0 Å². The van der Waals surface area contributed by atoms with Gasteiger partial charge in [-0.15, -0.1) is 0 Å². The highest BCUT2D eigenvalue weighted by Crippen LogP contribution is 2.58. The van der Waals surface area contributed by atoms with E-state index < -0.39 is 10.1 Å². The molecule has 1 fully saturated rings. The van der Waals surface area contributed by atoms with E-state index in [2.05, 4.69) is 0 Å². The maximum Gasteiger partial charge on any atom is 0.310 e. The highest BCUT2D eigenvalue weighted by molar-refractivity contribution is 7.86. The molecule has 0 heterocycles. The number of hydrogen-bond donors (Lipinski definition) is 0. The molecule has 2 aliphatic carbocycles. The van der Waals surface area contributed by atoms with Crippen molar-refractivity contribution in [1.82, 2.24) is 0 Å². The van der Waals surface area contributed by atoms with E-state index in [1.165, 1.54) is 0 Å². The fourth-order valence-electron chi connectivity index (χ4n) is 3.46. The minimum Gasteiger partial charge on any atom is -0.426 e. The van der Waals surface area contributed by atoms with Crippen molar-refractivity contribution in [1.29, 1.82) is 0 Å². The first-order chi connectivity index (χ1) is 9.89. The first-order valence-corrected chi connectivity index (χ1v) is 8.97. The number of carbonyl (C=O) groups is 1. The third-order valence-corrected chi connectivity index (χ3v) is 4.69. The van der Waals surface area contributed by atoms with Gasteiger partial charge in [-0.2, -0.15) is 8.42 Å². The Balaban J connectivity index is 2.06. The van der Waals surface area contributed by atoms with Crippen LogP contribution in [0.1, 0.15) is 55.6 Å². The molecular weight excluding hydrogens is 292 g/mol. The Kier molecular flexibility index (Phi) is 3.43. The van der Waals surface area contributed by atoms with Gasteiger partial charge in [-0.25, -0.2) is 0 Å². The van der Waals surface area contributed by atoms with E-state index in [0.29, 0.717) is 29.8 Å². The van der Waals surface area contributed by atoms with Crippen molar-refractivity contribution in [2.24, 2.45) is 0 Å². The van der Waals surface area contributed by atoms with Crippen LogP contribution in [0.25, 0.3) is 0 Å². The van der Waals surface area contributed by atoms with Crippen molar-refractivity contribution < 1.29 is 22.1 Å². The molecule has 2 bridgehead atoms. The molecule has 0 saturated heterocycles. The van der Waals surface area contributed by atoms with Gasteiger partial charge >= 0.3 is 16.1 Å². The number of benzene rings is 1. The maximum atomic E-state index is 11.6. The summed E-state index contributed by atoms with van der Waals surface area (Å²) in [6.45, 7) is 1.75. The molecule has 21 heavy (non-hydrogen) atoms. The summed E-state index contributed by atoms with van der Waals surface area (Å²) in [5.41, 5.74) is 1.88. The molecule has 0 aromatic heterocycles. The van der Waals surface area contributed by atoms with Gasteiger partial charge < -0.3 is 8.92 Å². The summed E-state index contributed by atoms with van der Waals surface area (Å²) in [7, 11) is -3.56. The molecule has 3 rings (SSSR count). The van der Waals surface area contributed by atoms with Crippen molar-refractivity contribution in [2.75, 3.05) is 6.26 Å². The topological polar surface area (TPSA) is 69.7 Å². The van der Waals surface area contributed by atoms with Crippen LogP contribution in [-0.4, -0.2) is 20.6 Å². The Labute approximate surface area is 124 Å². The molecular formula is C15H18O5S. The van der Waals surface area contributed by atoms with E-state index in [1.54, 1.807) is 19.1 Å². The van der Waals surface area contributed by atoms with Gasteiger partial charge in [-0.1, -0.05) is 6.92 Å². The van der Waals surface area contributed by atoms with E-state index in [9.17, 15) is 13.2 Å². The first-order valence-electron chi connectivity index (χ1n) is 7.16. The molecule has 0 radical (unpaired) electrons. The van der Waals surface area contributed by atoms with Crippen LogP contribution in [0, 0.1) is 0 Å². The van der Waals surface area contributed by atoms with Crippen LogP contribution in [0.5, 0.6) is 11.5 Å². The Morgan fingerprint density at radius 2 is 1.76 bits per heavy atom. The zero-order chi connectivity index (χ0) is 15.2. The Hall–Kier alpha value is -1.56. The maximum absolute atomic E-state index is 11.6. The fourth-order valence-corrected chi connectivity index (χ4v) is 3.94. The second-order valence-corrected chi connectivity index (χ2v) is 7.29. The third-order valence-electron chi connectivity index (χ3n) is 4.21. The van der Waals surface area contributed by atoms with Crippen LogP contribution in [0.15, 0.2) is 12.1 Å². The summed E-state index contributed by atoms with van der Waals surface area (Å²) >= 11 is 0. The van der Waals surface area contributed by atoms with Crippen LogP contribution < -0.4 is 8.92 Å². The lowest BCUT2D eigenvalue weighted by Gasteiger charge is -2.21. The van der Waals surface area contributed by atoms with E-state index >= 15 is 0 Å². The van der Waals surface area contributed by atoms with Crippen molar-refractivity contribution in [3.63, 3.8) is 0 Å². The molecule has 0 aliphatic heterocycles. The van der Waals surface area contributed by atoms with Crippen LogP contribution in [-0.2, 0) is 14.9 Å². The summed E-state index contributed by atoms with van der Waals surface area (Å²) in [6.07, 6.45) is 4.41. The second-order valence-electron chi connectivity index (χ2n) is 5.71. The predicted octanol–water partition coefficient (Wildman–Crippen LogP) is 2.71. The molecule has 6 heteroatoms. The fraction of sp³-hybridized carbons (Fsp3) is 0.533. The molecule has 2 aliphatic rings. The quantitative estimate of drug-likeness (QED) is 0.486. The molecule has 114 valence electrons. The zero-order valence-electron chi connectivity index (χ0n) is 12.1. The lowest BCUT2D eigenvalue weighted by Crippen LogP contribution is -2.12. The Morgan fingerprint density at radius 3 is 2.33 bits per heavy atom. The highest BCUT2D eigenvalue weighted by Gasteiger charge is 2.42. The highest BCUT2D eigenvalue weighted by atomic mass is 32.2. The van der Waals surface area contributed by atoms with Gasteiger partial charge in [0.25, 0.3) is 0 Å². The van der Waals surface area contributed by atoms with E-state index in [4.69, 9.17) is 8.92 Å². The average molecular weight is 310 g/mol. The van der Waals surface area contributed by atoms with Crippen molar-refractivity contribution >= 4 is 16.1 Å². The lowest BCUT2D eigenvalue weighted by molar-refractivity contribution is -0.134. The number of esters is 1. The summed E-state index contributed by atoms with van der Waals surface area (Å²) in [5.74, 6) is 1.31. The molecule has 1 saturated carbocycles. The molecule has 1 aromatic rings. The van der Waals surface area contributed by atoms with Crippen LogP contribution in [0.4, 0.5) is 0 Å². The summed E-state index contributed by atoms with van der Waals surface area (Å²) in [6, 6.07) is 3.24. The smallest absolute Gasteiger partial charge is 0.310 e. The van der Waals surface area contributed by atoms with Crippen LogP contribution >= 0.6 is 0 Å². The van der Waals surface area contributed by atoms with Crippen molar-refractivity contribution in [2.45, 2.75) is 44.4 Å². The van der Waals surface area contributed by atoms with E-state index in [-0.39, 0.29) is 5.97 Å².